The van der Waals surface area contributed by atoms with Gasteiger partial charge in [0.2, 0.25) is 11.8 Å². The molecule has 4 rings (SSSR count). The summed E-state index contributed by atoms with van der Waals surface area (Å²) in [4.78, 5) is 28.4. The Morgan fingerprint density at radius 3 is 2.71 bits per heavy atom. The van der Waals surface area contributed by atoms with E-state index < -0.39 is 0 Å². The van der Waals surface area contributed by atoms with Gasteiger partial charge in [-0.1, -0.05) is 29.8 Å². The number of benzene rings is 1. The van der Waals surface area contributed by atoms with E-state index in [1.165, 1.54) is 0 Å². The second-order valence-corrected chi connectivity index (χ2v) is 8.29. The maximum Gasteiger partial charge on any atom is 0.225 e. The van der Waals surface area contributed by atoms with E-state index in [2.05, 4.69) is 25.8 Å². The zero-order valence-electron chi connectivity index (χ0n) is 17.0. The van der Waals surface area contributed by atoms with Gasteiger partial charge in [-0.3, -0.25) is 19.7 Å². The van der Waals surface area contributed by atoms with Gasteiger partial charge in [-0.2, -0.15) is 5.10 Å². The van der Waals surface area contributed by atoms with E-state index in [0.29, 0.717) is 30.1 Å². The number of hydrogen-bond donors (Lipinski definition) is 3. The summed E-state index contributed by atoms with van der Waals surface area (Å²) in [5.74, 6) is 0.793. The molecule has 1 aliphatic carbocycles. The van der Waals surface area contributed by atoms with E-state index in [9.17, 15) is 9.59 Å². The molecule has 0 unspecified atom stereocenters. The average molecular weight is 438 g/mol. The van der Waals surface area contributed by atoms with E-state index in [1.54, 1.807) is 24.5 Å². The van der Waals surface area contributed by atoms with E-state index in [4.69, 9.17) is 11.6 Å². The lowest BCUT2D eigenvalue weighted by Crippen LogP contribution is -2.44. The Hall–Kier alpha value is -3.19. The molecule has 1 aromatic carbocycles. The van der Waals surface area contributed by atoms with Crippen LogP contribution in [0.4, 0.5) is 5.82 Å². The molecule has 0 spiro atoms. The van der Waals surface area contributed by atoms with Crippen LogP contribution in [0.1, 0.15) is 42.0 Å². The number of aromatic amines is 1. The molecule has 2 heterocycles. The third-order valence-corrected chi connectivity index (χ3v) is 5.65. The maximum atomic E-state index is 12.2. The highest BCUT2D eigenvalue weighted by Crippen LogP contribution is 2.36. The number of rotatable bonds is 8. The average Bonchev–Trinajstić information content (AvgIpc) is 3.17. The van der Waals surface area contributed by atoms with Gasteiger partial charge in [0.05, 0.1) is 12.1 Å². The number of pyridine rings is 1. The van der Waals surface area contributed by atoms with Gasteiger partial charge in [0.15, 0.2) is 0 Å². The lowest BCUT2D eigenvalue weighted by Gasteiger charge is -2.34. The standard InChI is InChI=1S/C23H24ClN5O2/c24-18-5-1-3-16(9-18)10-23(31)26-19-11-17(12-19)20-13-21(29-28-20)27-22(30)7-6-15-4-2-8-25-14-15/h1-5,8-9,13-14,17,19H,6-7,10-12H2,(H,26,31)(H2,27,28,29,30)/t17-,19+. The fraction of sp³-hybridized carbons (Fsp3) is 0.304. The van der Waals surface area contributed by atoms with Crippen molar-refractivity contribution in [3.05, 3.63) is 76.7 Å². The molecule has 2 amide bonds. The molecule has 2 aromatic heterocycles. The van der Waals surface area contributed by atoms with Crippen molar-refractivity contribution in [1.82, 2.24) is 20.5 Å². The Kier molecular flexibility index (Phi) is 6.62. The second kappa shape index (κ2) is 9.75. The van der Waals surface area contributed by atoms with Gasteiger partial charge in [0.1, 0.15) is 5.82 Å². The molecule has 3 aromatic rings. The zero-order chi connectivity index (χ0) is 21.6. The zero-order valence-corrected chi connectivity index (χ0v) is 17.7. The first-order valence-electron chi connectivity index (χ1n) is 10.3. The molecule has 1 aliphatic rings. The largest absolute Gasteiger partial charge is 0.353 e. The van der Waals surface area contributed by atoms with Gasteiger partial charge < -0.3 is 10.6 Å². The van der Waals surface area contributed by atoms with Crippen LogP contribution >= 0.6 is 11.6 Å². The first-order valence-corrected chi connectivity index (χ1v) is 10.7. The van der Waals surface area contributed by atoms with Crippen LogP contribution in [-0.2, 0) is 22.4 Å². The van der Waals surface area contributed by atoms with Crippen LogP contribution in [-0.4, -0.2) is 33.0 Å². The molecule has 31 heavy (non-hydrogen) atoms. The van der Waals surface area contributed by atoms with Crippen molar-refractivity contribution in [2.24, 2.45) is 0 Å². The van der Waals surface area contributed by atoms with Crippen LogP contribution in [0.15, 0.2) is 54.9 Å². The second-order valence-electron chi connectivity index (χ2n) is 7.86. The van der Waals surface area contributed by atoms with Gasteiger partial charge in [0.25, 0.3) is 0 Å². The number of H-pyrrole nitrogens is 1. The molecule has 1 saturated carbocycles. The number of halogens is 1. The van der Waals surface area contributed by atoms with Crippen molar-refractivity contribution < 1.29 is 9.59 Å². The Labute approximate surface area is 185 Å². The van der Waals surface area contributed by atoms with E-state index in [1.807, 2.05) is 30.3 Å². The highest BCUT2D eigenvalue weighted by atomic mass is 35.5. The maximum absolute atomic E-state index is 12.2. The van der Waals surface area contributed by atoms with Crippen molar-refractivity contribution >= 4 is 29.2 Å². The lowest BCUT2D eigenvalue weighted by atomic mass is 9.78. The summed E-state index contributed by atoms with van der Waals surface area (Å²) in [6, 6.07) is 13.2. The van der Waals surface area contributed by atoms with Gasteiger partial charge >= 0.3 is 0 Å². The van der Waals surface area contributed by atoms with Crippen LogP contribution < -0.4 is 10.6 Å². The minimum atomic E-state index is -0.0705. The predicted octanol–water partition coefficient (Wildman–Crippen LogP) is 3.63. The lowest BCUT2D eigenvalue weighted by molar-refractivity contribution is -0.121. The molecule has 0 atom stereocenters. The molecule has 3 N–H and O–H groups in total. The normalized spacial score (nSPS) is 17.6. The quantitative estimate of drug-likeness (QED) is 0.501. The predicted molar refractivity (Wildman–Crippen MR) is 119 cm³/mol. The number of nitrogens with zero attached hydrogens (tertiary/aromatic N) is 2. The van der Waals surface area contributed by atoms with Crippen LogP contribution in [0.25, 0.3) is 0 Å². The van der Waals surface area contributed by atoms with E-state index >= 15 is 0 Å². The van der Waals surface area contributed by atoms with Crippen LogP contribution in [0.2, 0.25) is 5.02 Å². The first kappa shape index (κ1) is 21.1. The number of hydrogen-bond acceptors (Lipinski definition) is 4. The minimum Gasteiger partial charge on any atom is -0.353 e. The van der Waals surface area contributed by atoms with Gasteiger partial charge in [0, 0.05) is 41.9 Å². The van der Waals surface area contributed by atoms with Crippen molar-refractivity contribution in [2.45, 2.75) is 44.1 Å². The number of anilines is 1. The van der Waals surface area contributed by atoms with Crippen molar-refractivity contribution in [3.63, 3.8) is 0 Å². The monoisotopic (exact) mass is 437 g/mol. The molecule has 0 saturated heterocycles. The van der Waals surface area contributed by atoms with Crippen molar-refractivity contribution in [3.8, 4) is 0 Å². The Morgan fingerprint density at radius 2 is 1.94 bits per heavy atom. The van der Waals surface area contributed by atoms with Crippen LogP contribution in [0.3, 0.4) is 0 Å². The summed E-state index contributed by atoms with van der Waals surface area (Å²) in [6.07, 6.45) is 6.48. The van der Waals surface area contributed by atoms with Gasteiger partial charge in [-0.15, -0.1) is 0 Å². The van der Waals surface area contributed by atoms with Crippen molar-refractivity contribution in [1.29, 1.82) is 0 Å². The fourth-order valence-corrected chi connectivity index (χ4v) is 3.93. The molecule has 8 heteroatoms. The number of carbonyl (C=O) groups is 2. The van der Waals surface area contributed by atoms with Gasteiger partial charge in [-0.25, -0.2) is 0 Å². The number of amides is 2. The molecular weight excluding hydrogens is 414 g/mol. The third kappa shape index (κ3) is 5.92. The Morgan fingerprint density at radius 1 is 1.10 bits per heavy atom. The highest BCUT2D eigenvalue weighted by molar-refractivity contribution is 6.30. The molecule has 160 valence electrons. The fourth-order valence-electron chi connectivity index (χ4n) is 3.72. The smallest absolute Gasteiger partial charge is 0.225 e. The van der Waals surface area contributed by atoms with Crippen LogP contribution in [0.5, 0.6) is 0 Å². The van der Waals surface area contributed by atoms with Crippen LogP contribution in [0, 0.1) is 0 Å². The third-order valence-electron chi connectivity index (χ3n) is 5.41. The number of aromatic nitrogens is 3. The Bertz CT molecular complexity index is 1050. The molecule has 7 nitrogen and oxygen atoms in total. The number of nitrogens with one attached hydrogen (secondary N) is 3. The highest BCUT2D eigenvalue weighted by Gasteiger charge is 2.33. The Balaban J connectivity index is 1.19. The summed E-state index contributed by atoms with van der Waals surface area (Å²) in [5, 5.41) is 13.8. The molecular formula is C23H24ClN5O2. The summed E-state index contributed by atoms with van der Waals surface area (Å²) in [5.41, 5.74) is 2.83. The van der Waals surface area contributed by atoms with Crippen molar-refractivity contribution in [2.75, 3.05) is 5.32 Å². The van der Waals surface area contributed by atoms with Gasteiger partial charge in [-0.05, 0) is 48.6 Å². The first-order chi connectivity index (χ1) is 15.0. The molecule has 0 bridgehead atoms. The summed E-state index contributed by atoms with van der Waals surface area (Å²) in [7, 11) is 0. The molecule has 0 aliphatic heterocycles. The number of carbonyl (C=O) groups excluding carboxylic acids is 2. The number of aryl methyl sites for hydroxylation is 1. The van der Waals surface area contributed by atoms with E-state index in [-0.39, 0.29) is 23.8 Å². The summed E-state index contributed by atoms with van der Waals surface area (Å²) in [6.45, 7) is 0. The topological polar surface area (TPSA) is 99.8 Å². The summed E-state index contributed by atoms with van der Waals surface area (Å²) >= 11 is 5.97. The minimum absolute atomic E-state index is 0.00527. The summed E-state index contributed by atoms with van der Waals surface area (Å²) < 4.78 is 0. The molecule has 1 fully saturated rings. The SMILES string of the molecule is O=C(CCc1cccnc1)Nc1cc([C@H]2C[C@@H](NC(=O)Cc3cccc(Cl)c3)C2)n[nH]1. The van der Waals surface area contributed by atoms with E-state index in [0.717, 1.165) is 29.7 Å². The molecule has 0 radical (unpaired) electrons.